The quantitative estimate of drug-likeness (QED) is 0.569. The summed E-state index contributed by atoms with van der Waals surface area (Å²) in [5, 5.41) is 22.3. The molecule has 0 spiro atoms. The number of aliphatic hydroxyl groups excluding tert-OH is 1. The molecule has 0 bridgehead atoms. The largest absolute Gasteiger partial charge is 0.479 e. The maximum atomic E-state index is 11.5. The van der Waals surface area contributed by atoms with Crippen LogP contribution in [0.3, 0.4) is 0 Å². The van der Waals surface area contributed by atoms with Crippen molar-refractivity contribution in [1.29, 1.82) is 0 Å². The fourth-order valence-corrected chi connectivity index (χ4v) is 2.95. The lowest BCUT2D eigenvalue weighted by molar-refractivity contribution is -0.209. The third-order valence-corrected chi connectivity index (χ3v) is 4.41. The maximum Gasteiger partial charge on any atom is 0.335 e. The summed E-state index contributed by atoms with van der Waals surface area (Å²) < 4.78 is 11.2. The lowest BCUT2D eigenvalue weighted by atomic mass is 9.80. The smallest absolute Gasteiger partial charge is 0.335 e. The fourth-order valence-electron chi connectivity index (χ4n) is 2.95. The first-order valence-corrected chi connectivity index (χ1v) is 7.55. The number of carbonyl (C=O) groups excluding carboxylic acids is 1. The van der Waals surface area contributed by atoms with Crippen LogP contribution in [0.1, 0.15) is 40.5 Å². The molecule has 0 saturated carbocycles. The standard InChI is InChI=1S/C14H26BNO6/c1-5-9(18)7(2)12-11(16-8(3)17)10(22-15)6-14(4,21-12)13(19)20/h7,9-12,18H,5-6,15H2,1-4H3,(H,16,17)(H,19,20). The summed E-state index contributed by atoms with van der Waals surface area (Å²) in [5.74, 6) is -1.68. The molecule has 1 heterocycles. The number of amides is 1. The second-order valence-corrected chi connectivity index (χ2v) is 6.16. The zero-order chi connectivity index (χ0) is 17.1. The minimum Gasteiger partial charge on any atom is -0.479 e. The third-order valence-electron chi connectivity index (χ3n) is 4.41. The second-order valence-electron chi connectivity index (χ2n) is 6.16. The molecule has 0 aromatic rings. The molecule has 126 valence electrons. The van der Waals surface area contributed by atoms with E-state index in [2.05, 4.69) is 5.32 Å². The molecule has 1 fully saturated rings. The molecule has 1 rings (SSSR count). The van der Waals surface area contributed by atoms with Crippen LogP contribution < -0.4 is 5.32 Å². The van der Waals surface area contributed by atoms with Gasteiger partial charge in [0.15, 0.2) is 5.60 Å². The van der Waals surface area contributed by atoms with E-state index < -0.39 is 35.9 Å². The first kappa shape index (κ1) is 18.9. The normalized spacial score (nSPS) is 34.7. The number of hydrogen-bond acceptors (Lipinski definition) is 5. The van der Waals surface area contributed by atoms with E-state index in [1.54, 1.807) is 6.92 Å². The minimum atomic E-state index is -1.41. The maximum absolute atomic E-state index is 11.5. The molecule has 1 aliphatic heterocycles. The Labute approximate surface area is 131 Å². The Morgan fingerprint density at radius 3 is 2.55 bits per heavy atom. The van der Waals surface area contributed by atoms with Crippen molar-refractivity contribution in [1.82, 2.24) is 5.32 Å². The fraction of sp³-hybridized carbons (Fsp3) is 0.857. The van der Waals surface area contributed by atoms with E-state index in [4.69, 9.17) is 9.39 Å². The molecule has 6 atom stereocenters. The summed E-state index contributed by atoms with van der Waals surface area (Å²) in [6.07, 6.45) is -1.19. The van der Waals surface area contributed by atoms with Gasteiger partial charge in [-0.15, -0.1) is 0 Å². The second kappa shape index (κ2) is 7.43. The predicted molar refractivity (Wildman–Crippen MR) is 82.0 cm³/mol. The van der Waals surface area contributed by atoms with Crippen LogP contribution in [-0.2, 0) is 19.0 Å². The summed E-state index contributed by atoms with van der Waals surface area (Å²) in [5.41, 5.74) is -1.41. The molecule has 0 radical (unpaired) electrons. The number of carboxylic acids is 1. The van der Waals surface area contributed by atoms with E-state index >= 15 is 0 Å². The number of aliphatic carboxylic acids is 1. The van der Waals surface area contributed by atoms with Gasteiger partial charge in [0.2, 0.25) is 5.91 Å². The van der Waals surface area contributed by atoms with Gasteiger partial charge in [-0.25, -0.2) is 4.79 Å². The Bertz CT molecular complexity index is 420. The molecule has 6 unspecified atom stereocenters. The van der Waals surface area contributed by atoms with E-state index in [0.29, 0.717) is 6.42 Å². The third kappa shape index (κ3) is 4.00. The Balaban J connectivity index is 3.15. The molecule has 0 aromatic heterocycles. The van der Waals surface area contributed by atoms with Gasteiger partial charge in [0.25, 0.3) is 8.05 Å². The van der Waals surface area contributed by atoms with Gasteiger partial charge in [0.1, 0.15) is 0 Å². The number of aliphatic hydroxyl groups is 1. The van der Waals surface area contributed by atoms with Crippen LogP contribution >= 0.6 is 0 Å². The molecule has 1 saturated heterocycles. The summed E-state index contributed by atoms with van der Waals surface area (Å²) in [7, 11) is 1.48. The molecule has 7 nitrogen and oxygen atoms in total. The van der Waals surface area contributed by atoms with Crippen LogP contribution in [-0.4, -0.2) is 60.1 Å². The van der Waals surface area contributed by atoms with Crippen LogP contribution in [0.5, 0.6) is 0 Å². The highest BCUT2D eigenvalue weighted by molar-refractivity contribution is 5.98. The van der Waals surface area contributed by atoms with Crippen molar-refractivity contribution < 1.29 is 29.2 Å². The lowest BCUT2D eigenvalue weighted by Crippen LogP contribution is -2.65. The van der Waals surface area contributed by atoms with E-state index in [-0.39, 0.29) is 18.2 Å². The van der Waals surface area contributed by atoms with Crippen molar-refractivity contribution >= 4 is 19.9 Å². The zero-order valence-electron chi connectivity index (χ0n) is 13.8. The van der Waals surface area contributed by atoms with Crippen molar-refractivity contribution in [3.8, 4) is 0 Å². The Morgan fingerprint density at radius 2 is 2.14 bits per heavy atom. The number of nitrogens with one attached hydrogen (secondary N) is 1. The van der Waals surface area contributed by atoms with Crippen LogP contribution in [0, 0.1) is 5.92 Å². The molecular weight excluding hydrogens is 289 g/mol. The highest BCUT2D eigenvalue weighted by Gasteiger charge is 2.51. The number of rotatable bonds is 6. The van der Waals surface area contributed by atoms with Crippen molar-refractivity contribution in [2.24, 2.45) is 5.92 Å². The average molecular weight is 315 g/mol. The number of carboxylic acid groups (broad SMARTS) is 1. The molecule has 1 amide bonds. The van der Waals surface area contributed by atoms with Crippen LogP contribution in [0.2, 0.25) is 0 Å². The van der Waals surface area contributed by atoms with Crippen molar-refractivity contribution in [3.05, 3.63) is 0 Å². The molecule has 22 heavy (non-hydrogen) atoms. The summed E-state index contributed by atoms with van der Waals surface area (Å²) >= 11 is 0. The van der Waals surface area contributed by atoms with E-state index in [1.165, 1.54) is 21.9 Å². The Kier molecular flexibility index (Phi) is 6.40. The minimum absolute atomic E-state index is 0.120. The SMILES string of the molecule is BOC1CC(C)(C(=O)O)OC(C(C)C(O)CC)C1NC(C)=O. The van der Waals surface area contributed by atoms with Gasteiger partial charge < -0.3 is 24.9 Å². The lowest BCUT2D eigenvalue weighted by Gasteiger charge is -2.47. The number of carbonyl (C=O) groups is 2. The van der Waals surface area contributed by atoms with Crippen LogP contribution in [0.25, 0.3) is 0 Å². The van der Waals surface area contributed by atoms with Gasteiger partial charge >= 0.3 is 5.97 Å². The first-order valence-electron chi connectivity index (χ1n) is 7.55. The van der Waals surface area contributed by atoms with Crippen LogP contribution in [0.15, 0.2) is 0 Å². The first-order chi connectivity index (χ1) is 10.2. The topological polar surface area (TPSA) is 105 Å². The van der Waals surface area contributed by atoms with Gasteiger partial charge in [0.05, 0.1) is 24.4 Å². The molecular formula is C14H26BNO6. The van der Waals surface area contributed by atoms with Crippen molar-refractivity contribution in [2.75, 3.05) is 0 Å². The monoisotopic (exact) mass is 315 g/mol. The molecule has 3 N–H and O–H groups in total. The zero-order valence-corrected chi connectivity index (χ0v) is 13.8. The van der Waals surface area contributed by atoms with Crippen molar-refractivity contribution in [2.45, 2.75) is 70.5 Å². The van der Waals surface area contributed by atoms with Crippen molar-refractivity contribution in [3.63, 3.8) is 0 Å². The molecule has 8 heteroatoms. The highest BCUT2D eigenvalue weighted by atomic mass is 16.5. The average Bonchev–Trinajstić information content (AvgIpc) is 2.46. The number of ether oxygens (including phenoxy) is 1. The van der Waals surface area contributed by atoms with Gasteiger partial charge in [0, 0.05) is 19.3 Å². The predicted octanol–water partition coefficient (Wildman–Crippen LogP) is -0.536. The molecule has 0 aliphatic carbocycles. The van der Waals surface area contributed by atoms with Crippen LogP contribution in [0.4, 0.5) is 0 Å². The van der Waals surface area contributed by atoms with Gasteiger partial charge in [-0.2, -0.15) is 0 Å². The van der Waals surface area contributed by atoms with E-state index in [1.807, 2.05) is 6.92 Å². The Hall–Kier alpha value is -1.12. The van der Waals surface area contributed by atoms with Gasteiger partial charge in [-0.3, -0.25) is 4.79 Å². The molecule has 1 aliphatic rings. The summed E-state index contributed by atoms with van der Waals surface area (Å²) in [6.45, 7) is 6.49. The van der Waals surface area contributed by atoms with E-state index in [9.17, 15) is 19.8 Å². The molecule has 0 aromatic carbocycles. The number of hydrogen-bond donors (Lipinski definition) is 3. The van der Waals surface area contributed by atoms with Gasteiger partial charge in [-0.05, 0) is 13.3 Å². The van der Waals surface area contributed by atoms with E-state index in [0.717, 1.165) is 0 Å². The summed E-state index contributed by atoms with van der Waals surface area (Å²) in [6, 6.07) is -0.508. The highest BCUT2D eigenvalue weighted by Crippen LogP contribution is 2.35. The Morgan fingerprint density at radius 1 is 1.55 bits per heavy atom. The van der Waals surface area contributed by atoms with Gasteiger partial charge in [-0.1, -0.05) is 13.8 Å². The summed E-state index contributed by atoms with van der Waals surface area (Å²) in [4.78, 5) is 23.0.